The molecule has 0 aliphatic heterocycles. The monoisotopic (exact) mass is 332 g/mol. The molecule has 0 amide bonds. The summed E-state index contributed by atoms with van der Waals surface area (Å²) in [7, 11) is -1.22. The first-order chi connectivity index (χ1) is 11.6. The van der Waals surface area contributed by atoms with Gasteiger partial charge in [0.25, 0.3) is 0 Å². The molecule has 1 atom stereocenters. The Balaban J connectivity index is 1.99. The highest BCUT2D eigenvalue weighted by atomic mass is 28.3. The smallest absolute Gasteiger partial charge is 0.0632 e. The Kier molecular flexibility index (Phi) is 5.20. The Bertz CT molecular complexity index is 714. The van der Waals surface area contributed by atoms with Gasteiger partial charge < -0.3 is 0 Å². The Morgan fingerprint density at radius 1 is 0.750 bits per heavy atom. The van der Waals surface area contributed by atoms with Crippen LogP contribution in [0.25, 0.3) is 0 Å². The fraction of sp³-hybridized carbons (Fsp3) is 0.304. The van der Waals surface area contributed by atoms with Crippen molar-refractivity contribution in [3.8, 4) is 0 Å². The van der Waals surface area contributed by atoms with Gasteiger partial charge in [-0.2, -0.15) is 0 Å². The van der Waals surface area contributed by atoms with Crippen molar-refractivity contribution in [2.45, 2.75) is 40.2 Å². The third-order valence-electron chi connectivity index (χ3n) is 5.84. The predicted octanol–water partition coefficient (Wildman–Crippen LogP) is 4.72. The molecule has 1 aliphatic rings. The van der Waals surface area contributed by atoms with Crippen LogP contribution in [0.4, 0.5) is 0 Å². The van der Waals surface area contributed by atoms with Gasteiger partial charge >= 0.3 is 0 Å². The standard InChI is InChI=1S/C23H28Si/c1-5-22-18(3)17(2)19(4)23(22)16-24(20-12-8-6-9-13-20)21-14-10-7-11-15-21/h6-15,23-24H,5,16H2,1-4H3. The van der Waals surface area contributed by atoms with Crippen LogP contribution in [0.1, 0.15) is 34.1 Å². The van der Waals surface area contributed by atoms with E-state index >= 15 is 0 Å². The minimum absolute atomic E-state index is 0.645. The maximum absolute atomic E-state index is 2.35. The molecule has 0 saturated carbocycles. The van der Waals surface area contributed by atoms with Gasteiger partial charge in [-0.1, -0.05) is 89.1 Å². The molecule has 0 spiro atoms. The second-order valence-electron chi connectivity index (χ2n) is 6.97. The molecule has 0 radical (unpaired) electrons. The van der Waals surface area contributed by atoms with Crippen LogP contribution in [0.3, 0.4) is 0 Å². The molecule has 0 fully saturated rings. The second kappa shape index (κ2) is 7.35. The summed E-state index contributed by atoms with van der Waals surface area (Å²) in [6.07, 6.45) is 1.18. The predicted molar refractivity (Wildman–Crippen MR) is 109 cm³/mol. The van der Waals surface area contributed by atoms with Crippen LogP contribution in [0, 0.1) is 5.92 Å². The number of hydrogen-bond donors (Lipinski definition) is 0. The number of hydrogen-bond acceptors (Lipinski definition) is 0. The normalized spacial score (nSPS) is 18.0. The topological polar surface area (TPSA) is 0 Å². The fourth-order valence-electron chi connectivity index (χ4n) is 4.22. The SMILES string of the molecule is CCC1=C(C)C(C)=C(C)C1C[SiH](c1ccccc1)c1ccccc1. The first kappa shape index (κ1) is 17.0. The molecule has 124 valence electrons. The van der Waals surface area contributed by atoms with Crippen molar-refractivity contribution < 1.29 is 0 Å². The summed E-state index contributed by atoms with van der Waals surface area (Å²) in [5.41, 5.74) is 6.36. The molecule has 0 bridgehead atoms. The fourth-order valence-corrected chi connectivity index (χ4v) is 7.63. The molecule has 1 heteroatoms. The number of allylic oxidation sites excluding steroid dienone is 4. The van der Waals surface area contributed by atoms with E-state index in [4.69, 9.17) is 0 Å². The van der Waals surface area contributed by atoms with Gasteiger partial charge in [0.05, 0.1) is 0 Å². The molecule has 1 unspecified atom stereocenters. The molecule has 1 aliphatic carbocycles. The van der Waals surface area contributed by atoms with E-state index in [0.717, 1.165) is 0 Å². The summed E-state index contributed by atoms with van der Waals surface area (Å²) >= 11 is 0. The van der Waals surface area contributed by atoms with Crippen LogP contribution in [-0.2, 0) is 0 Å². The van der Waals surface area contributed by atoms with Gasteiger partial charge in [-0.15, -0.1) is 0 Å². The third-order valence-corrected chi connectivity index (χ3v) is 9.16. The molecule has 2 aromatic carbocycles. The molecule has 0 N–H and O–H groups in total. The first-order valence-corrected chi connectivity index (χ1v) is 11.1. The summed E-state index contributed by atoms with van der Waals surface area (Å²) in [4.78, 5) is 0. The highest BCUT2D eigenvalue weighted by Gasteiger charge is 2.30. The zero-order valence-electron chi connectivity index (χ0n) is 15.3. The van der Waals surface area contributed by atoms with Crippen LogP contribution in [0.5, 0.6) is 0 Å². The van der Waals surface area contributed by atoms with Gasteiger partial charge in [-0.05, 0) is 50.3 Å². The van der Waals surface area contributed by atoms with E-state index in [9.17, 15) is 0 Å². The highest BCUT2D eigenvalue weighted by Crippen LogP contribution is 2.41. The molecule has 0 aromatic heterocycles. The van der Waals surface area contributed by atoms with Crippen molar-refractivity contribution in [1.82, 2.24) is 0 Å². The average molecular weight is 333 g/mol. The van der Waals surface area contributed by atoms with Crippen LogP contribution >= 0.6 is 0 Å². The van der Waals surface area contributed by atoms with Gasteiger partial charge in [0, 0.05) is 0 Å². The third kappa shape index (κ3) is 3.18. The quantitative estimate of drug-likeness (QED) is 0.695. The van der Waals surface area contributed by atoms with E-state index in [2.05, 4.69) is 88.4 Å². The highest BCUT2D eigenvalue weighted by molar-refractivity contribution is 6.85. The number of benzene rings is 2. The van der Waals surface area contributed by atoms with E-state index < -0.39 is 8.80 Å². The van der Waals surface area contributed by atoms with Crippen molar-refractivity contribution in [3.05, 3.63) is 83.0 Å². The van der Waals surface area contributed by atoms with Gasteiger partial charge in [0.1, 0.15) is 8.80 Å². The summed E-state index contributed by atoms with van der Waals surface area (Å²) in [5, 5.41) is 3.13. The van der Waals surface area contributed by atoms with Crippen LogP contribution < -0.4 is 10.4 Å². The molecular weight excluding hydrogens is 304 g/mol. The van der Waals surface area contributed by atoms with Crippen LogP contribution in [-0.4, -0.2) is 8.80 Å². The van der Waals surface area contributed by atoms with Crippen LogP contribution in [0.2, 0.25) is 6.04 Å². The van der Waals surface area contributed by atoms with Crippen molar-refractivity contribution in [1.29, 1.82) is 0 Å². The largest absolute Gasteiger partial charge is 0.104 e. The molecular formula is C23H28Si. The first-order valence-electron chi connectivity index (χ1n) is 9.10. The lowest BCUT2D eigenvalue weighted by atomic mass is 9.96. The Labute approximate surface area is 148 Å². The molecule has 24 heavy (non-hydrogen) atoms. The van der Waals surface area contributed by atoms with E-state index in [1.54, 1.807) is 27.1 Å². The zero-order valence-corrected chi connectivity index (χ0v) is 16.5. The summed E-state index contributed by atoms with van der Waals surface area (Å²) < 4.78 is 0. The molecule has 0 saturated heterocycles. The summed E-state index contributed by atoms with van der Waals surface area (Å²) in [6, 6.07) is 23.7. The van der Waals surface area contributed by atoms with Crippen molar-refractivity contribution in [2.24, 2.45) is 5.92 Å². The van der Waals surface area contributed by atoms with Crippen LogP contribution in [0.15, 0.2) is 83.0 Å². The Morgan fingerprint density at radius 2 is 1.25 bits per heavy atom. The van der Waals surface area contributed by atoms with E-state index in [-0.39, 0.29) is 0 Å². The molecule has 3 rings (SSSR count). The van der Waals surface area contributed by atoms with Crippen molar-refractivity contribution >= 4 is 19.2 Å². The summed E-state index contributed by atoms with van der Waals surface area (Å²) in [6.45, 7) is 9.30. The minimum atomic E-state index is -1.22. The summed E-state index contributed by atoms with van der Waals surface area (Å²) in [5.74, 6) is 0.645. The van der Waals surface area contributed by atoms with Gasteiger partial charge in [-0.25, -0.2) is 0 Å². The second-order valence-corrected chi connectivity index (χ2v) is 9.88. The molecule has 0 heterocycles. The lowest BCUT2D eigenvalue weighted by Crippen LogP contribution is -2.43. The molecule has 0 nitrogen and oxygen atoms in total. The van der Waals surface area contributed by atoms with Gasteiger partial charge in [0.15, 0.2) is 0 Å². The van der Waals surface area contributed by atoms with Gasteiger partial charge in [-0.3, -0.25) is 0 Å². The van der Waals surface area contributed by atoms with E-state index in [0.29, 0.717) is 5.92 Å². The van der Waals surface area contributed by atoms with Crippen molar-refractivity contribution in [3.63, 3.8) is 0 Å². The Morgan fingerprint density at radius 3 is 1.71 bits per heavy atom. The zero-order chi connectivity index (χ0) is 17.1. The lowest BCUT2D eigenvalue weighted by molar-refractivity contribution is 0.767. The van der Waals surface area contributed by atoms with Gasteiger partial charge in [0.2, 0.25) is 0 Å². The number of rotatable bonds is 5. The van der Waals surface area contributed by atoms with E-state index in [1.165, 1.54) is 18.0 Å². The molecule has 2 aromatic rings. The maximum atomic E-state index is 2.35. The Hall–Kier alpha value is -1.86. The van der Waals surface area contributed by atoms with E-state index in [1.807, 2.05) is 0 Å². The minimum Gasteiger partial charge on any atom is -0.0632 e. The maximum Gasteiger partial charge on any atom is 0.104 e. The lowest BCUT2D eigenvalue weighted by Gasteiger charge is -2.24. The average Bonchev–Trinajstić information content (AvgIpc) is 2.84. The van der Waals surface area contributed by atoms with Crippen molar-refractivity contribution in [2.75, 3.05) is 0 Å².